The van der Waals surface area contributed by atoms with E-state index in [1.165, 1.54) is 24.3 Å². The van der Waals surface area contributed by atoms with Gasteiger partial charge in [0.2, 0.25) is 5.91 Å². The molecule has 0 N–H and O–H groups in total. The molecule has 0 saturated carbocycles. The summed E-state index contributed by atoms with van der Waals surface area (Å²) in [6.45, 7) is 5.70. The fourth-order valence-corrected chi connectivity index (χ4v) is 6.00. The Bertz CT molecular complexity index is 1370. The van der Waals surface area contributed by atoms with Crippen LogP contribution in [0.4, 0.5) is 11.4 Å². The second-order valence-corrected chi connectivity index (χ2v) is 11.8. The lowest BCUT2D eigenvalue weighted by Gasteiger charge is -2.37. The van der Waals surface area contributed by atoms with Crippen LogP contribution in [0.15, 0.2) is 65.6 Å². The van der Waals surface area contributed by atoms with Crippen LogP contribution >= 0.6 is 34.8 Å². The Morgan fingerprint density at radius 3 is 2.17 bits per heavy atom. The molecule has 6 nitrogen and oxygen atoms in total. The lowest BCUT2D eigenvalue weighted by Crippen LogP contribution is -2.52. The number of nitrogens with zero attached hydrogens (tertiary/aromatic N) is 3. The summed E-state index contributed by atoms with van der Waals surface area (Å²) in [4.78, 5) is 17.3. The number of aryl methyl sites for hydroxylation is 2. The first kappa shape index (κ1) is 26.6. The number of rotatable bonds is 6. The highest BCUT2D eigenvalue weighted by molar-refractivity contribution is 7.92. The molecule has 3 aromatic carbocycles. The Morgan fingerprint density at radius 2 is 1.53 bits per heavy atom. The maximum atomic E-state index is 13.6. The van der Waals surface area contributed by atoms with Crippen LogP contribution in [0.2, 0.25) is 15.1 Å². The summed E-state index contributed by atoms with van der Waals surface area (Å²) >= 11 is 18.4. The zero-order valence-corrected chi connectivity index (χ0v) is 23.0. The smallest absolute Gasteiger partial charge is 0.264 e. The number of benzene rings is 3. The van der Waals surface area contributed by atoms with Gasteiger partial charge in [0.05, 0.1) is 20.6 Å². The Balaban J connectivity index is 1.56. The van der Waals surface area contributed by atoms with Crippen molar-refractivity contribution < 1.29 is 13.2 Å². The second kappa shape index (κ2) is 10.9. The van der Waals surface area contributed by atoms with E-state index in [9.17, 15) is 13.2 Å². The van der Waals surface area contributed by atoms with Gasteiger partial charge in [-0.1, -0.05) is 58.6 Å². The van der Waals surface area contributed by atoms with Crippen molar-refractivity contribution in [2.45, 2.75) is 18.7 Å². The molecule has 10 heteroatoms. The Labute approximate surface area is 227 Å². The molecular weight excluding hydrogens is 541 g/mol. The van der Waals surface area contributed by atoms with Gasteiger partial charge in [-0.25, -0.2) is 8.42 Å². The highest BCUT2D eigenvalue weighted by atomic mass is 35.5. The van der Waals surface area contributed by atoms with Gasteiger partial charge in [-0.2, -0.15) is 0 Å². The van der Waals surface area contributed by atoms with Crippen molar-refractivity contribution in [3.05, 3.63) is 86.9 Å². The molecule has 1 heterocycles. The number of hydrogen-bond donors (Lipinski definition) is 0. The number of carbonyl (C=O) groups is 1. The number of hydrogen-bond acceptors (Lipinski definition) is 4. The van der Waals surface area contributed by atoms with Gasteiger partial charge in [-0.15, -0.1) is 0 Å². The molecule has 0 radical (unpaired) electrons. The van der Waals surface area contributed by atoms with Crippen LogP contribution in [0.3, 0.4) is 0 Å². The predicted molar refractivity (Wildman–Crippen MR) is 147 cm³/mol. The van der Waals surface area contributed by atoms with Gasteiger partial charge in [0.15, 0.2) is 0 Å². The molecule has 0 bridgehead atoms. The molecule has 4 rings (SSSR count). The molecule has 1 amide bonds. The van der Waals surface area contributed by atoms with Crippen LogP contribution in [0.25, 0.3) is 0 Å². The normalized spacial score (nSPS) is 14.1. The first-order valence-corrected chi connectivity index (χ1v) is 14.0. The molecular formula is C26H26Cl3N3O3S. The van der Waals surface area contributed by atoms with E-state index < -0.39 is 10.0 Å². The van der Waals surface area contributed by atoms with Gasteiger partial charge in [0, 0.05) is 36.9 Å². The minimum atomic E-state index is -4.04. The molecule has 1 aliphatic heterocycles. The van der Waals surface area contributed by atoms with Crippen LogP contribution in [0.5, 0.6) is 0 Å². The topological polar surface area (TPSA) is 60.9 Å². The van der Waals surface area contributed by atoms with Gasteiger partial charge in [0.25, 0.3) is 10.0 Å². The summed E-state index contributed by atoms with van der Waals surface area (Å²) in [5.74, 6) is -0.292. The quantitative estimate of drug-likeness (QED) is 0.378. The van der Waals surface area contributed by atoms with Crippen molar-refractivity contribution >= 4 is 62.1 Å². The Hall–Kier alpha value is -2.45. The molecule has 1 aliphatic rings. The fraction of sp³-hybridized carbons (Fsp3) is 0.269. The van der Waals surface area contributed by atoms with Crippen LogP contribution in [0.1, 0.15) is 11.1 Å². The summed E-state index contributed by atoms with van der Waals surface area (Å²) in [5.41, 5.74) is 3.34. The van der Waals surface area contributed by atoms with Gasteiger partial charge in [-0.3, -0.25) is 9.10 Å². The monoisotopic (exact) mass is 565 g/mol. The third-order valence-electron chi connectivity index (χ3n) is 6.22. The number of halogens is 3. The molecule has 1 fully saturated rings. The highest BCUT2D eigenvalue weighted by Crippen LogP contribution is 2.31. The average Bonchev–Trinajstić information content (AvgIpc) is 2.86. The summed E-state index contributed by atoms with van der Waals surface area (Å²) < 4.78 is 28.3. The van der Waals surface area contributed by atoms with Crippen LogP contribution in [-0.2, 0) is 14.8 Å². The average molecular weight is 567 g/mol. The van der Waals surface area contributed by atoms with Gasteiger partial charge in [-0.05, 0) is 61.9 Å². The van der Waals surface area contributed by atoms with E-state index in [-0.39, 0.29) is 28.1 Å². The van der Waals surface area contributed by atoms with Crippen LogP contribution in [0, 0.1) is 13.8 Å². The molecule has 0 atom stereocenters. The third-order valence-corrected chi connectivity index (χ3v) is 8.99. The van der Waals surface area contributed by atoms with Crippen molar-refractivity contribution in [1.29, 1.82) is 0 Å². The largest absolute Gasteiger partial charge is 0.368 e. The van der Waals surface area contributed by atoms with Gasteiger partial charge >= 0.3 is 0 Å². The van der Waals surface area contributed by atoms with E-state index in [2.05, 4.69) is 4.90 Å². The number of anilines is 2. The van der Waals surface area contributed by atoms with E-state index in [0.29, 0.717) is 36.2 Å². The number of carbonyl (C=O) groups excluding carboxylic acids is 1. The fourth-order valence-electron chi connectivity index (χ4n) is 4.14. The van der Waals surface area contributed by atoms with E-state index in [1.54, 1.807) is 23.1 Å². The zero-order valence-electron chi connectivity index (χ0n) is 19.9. The lowest BCUT2D eigenvalue weighted by molar-refractivity contribution is -0.129. The van der Waals surface area contributed by atoms with E-state index >= 15 is 0 Å². The number of amides is 1. The molecule has 0 aliphatic carbocycles. The van der Waals surface area contributed by atoms with E-state index in [1.807, 2.05) is 32.0 Å². The first-order chi connectivity index (χ1) is 17.1. The summed E-state index contributed by atoms with van der Waals surface area (Å²) in [6, 6.07) is 16.8. The molecule has 190 valence electrons. The highest BCUT2D eigenvalue weighted by Gasteiger charge is 2.31. The summed E-state index contributed by atoms with van der Waals surface area (Å²) in [5, 5.41) is 1.16. The molecule has 0 unspecified atom stereocenters. The SMILES string of the molecule is Cc1ccc(S(=O)(=O)N(CC(=O)N2CCN(c3cc(Cl)ccc3C)CC2)c2ccc(Cl)c(Cl)c2)cc1. The summed E-state index contributed by atoms with van der Waals surface area (Å²) in [7, 11) is -4.04. The standard InChI is InChI=1S/C26H26Cl3N3O3S/c1-18-3-8-22(9-4-18)36(34,35)32(21-7-10-23(28)24(29)16-21)17-26(33)31-13-11-30(12-14-31)25-15-20(27)6-5-19(25)2/h3-10,15-16H,11-14,17H2,1-2H3. The molecule has 36 heavy (non-hydrogen) atoms. The van der Waals surface area contributed by atoms with E-state index in [4.69, 9.17) is 34.8 Å². The van der Waals surface area contributed by atoms with Crippen LogP contribution in [-0.4, -0.2) is 51.9 Å². The van der Waals surface area contributed by atoms with Crippen molar-refractivity contribution in [2.24, 2.45) is 0 Å². The maximum absolute atomic E-state index is 13.6. The Morgan fingerprint density at radius 1 is 0.861 bits per heavy atom. The predicted octanol–water partition coefficient (Wildman–Crippen LogP) is 5.81. The lowest BCUT2D eigenvalue weighted by atomic mass is 10.1. The number of piperazine rings is 1. The molecule has 0 spiro atoms. The number of sulfonamides is 1. The second-order valence-electron chi connectivity index (χ2n) is 8.72. The van der Waals surface area contributed by atoms with E-state index in [0.717, 1.165) is 21.1 Å². The minimum absolute atomic E-state index is 0.0909. The molecule has 1 saturated heterocycles. The van der Waals surface area contributed by atoms with Gasteiger partial charge < -0.3 is 9.80 Å². The third kappa shape index (κ3) is 5.75. The summed E-state index contributed by atoms with van der Waals surface area (Å²) in [6.07, 6.45) is 0. The first-order valence-electron chi connectivity index (χ1n) is 11.4. The zero-order chi connectivity index (χ0) is 26.0. The van der Waals surface area contributed by atoms with Gasteiger partial charge in [0.1, 0.15) is 6.54 Å². The van der Waals surface area contributed by atoms with Crippen molar-refractivity contribution in [1.82, 2.24) is 4.90 Å². The van der Waals surface area contributed by atoms with Crippen molar-refractivity contribution in [3.8, 4) is 0 Å². The van der Waals surface area contributed by atoms with Crippen molar-refractivity contribution in [3.63, 3.8) is 0 Å². The molecule has 0 aromatic heterocycles. The van der Waals surface area contributed by atoms with Crippen molar-refractivity contribution in [2.75, 3.05) is 41.9 Å². The maximum Gasteiger partial charge on any atom is 0.264 e. The minimum Gasteiger partial charge on any atom is -0.368 e. The Kier molecular flexibility index (Phi) is 8.05. The van der Waals surface area contributed by atoms with Crippen LogP contribution < -0.4 is 9.21 Å². The molecule has 3 aromatic rings.